The lowest BCUT2D eigenvalue weighted by Gasteiger charge is -2.33. The number of hydrogen-bond acceptors (Lipinski definition) is 5. The van der Waals surface area contributed by atoms with Crippen molar-refractivity contribution in [2.24, 2.45) is 0 Å². The second kappa shape index (κ2) is 8.70. The molecule has 0 saturated carbocycles. The first-order valence-electron chi connectivity index (χ1n) is 11.2. The molecule has 1 N–H and O–H groups in total. The van der Waals surface area contributed by atoms with Crippen molar-refractivity contribution in [3.8, 4) is 11.5 Å². The van der Waals surface area contributed by atoms with E-state index in [9.17, 15) is 9.59 Å². The van der Waals surface area contributed by atoms with Crippen molar-refractivity contribution in [1.29, 1.82) is 0 Å². The zero-order valence-electron chi connectivity index (χ0n) is 18.3. The van der Waals surface area contributed by atoms with Crippen molar-refractivity contribution >= 4 is 16.9 Å². The topological polar surface area (TPSA) is 79.8 Å². The van der Waals surface area contributed by atoms with Crippen molar-refractivity contribution in [3.63, 3.8) is 0 Å². The van der Waals surface area contributed by atoms with Crippen LogP contribution >= 0.6 is 0 Å². The molecule has 0 bridgehead atoms. The number of hydrogen-bond donors (Lipinski definition) is 1. The first-order chi connectivity index (χ1) is 15.6. The number of likely N-dealkylation sites (N-methyl/N-ethyl adjacent to an activating group) is 1. The highest BCUT2D eigenvalue weighted by Gasteiger charge is 2.26. The van der Waals surface area contributed by atoms with Crippen LogP contribution in [0.5, 0.6) is 11.5 Å². The molecule has 3 aromatic rings. The molecule has 32 heavy (non-hydrogen) atoms. The van der Waals surface area contributed by atoms with Gasteiger partial charge in [-0.1, -0.05) is 18.2 Å². The number of fused-ring (bicyclic) bond motifs is 2. The number of nitrogens with one attached hydrogen (secondary N) is 1. The Balaban J connectivity index is 1.19. The lowest BCUT2D eigenvalue weighted by atomic mass is 10.0. The van der Waals surface area contributed by atoms with Gasteiger partial charge in [-0.3, -0.25) is 14.3 Å². The SMILES string of the molecule is CCN(Cc1ccc2c(c1)OCO2)C(=O)CN1CCC(n2c(=O)[nH]c3ccccc32)CC1. The normalized spacial score (nSPS) is 16.5. The highest BCUT2D eigenvalue weighted by atomic mass is 16.7. The molecule has 8 nitrogen and oxygen atoms in total. The van der Waals surface area contributed by atoms with E-state index in [-0.39, 0.29) is 24.4 Å². The van der Waals surface area contributed by atoms with Crippen LogP contribution in [0.3, 0.4) is 0 Å². The molecule has 2 aliphatic rings. The lowest BCUT2D eigenvalue weighted by Crippen LogP contribution is -2.44. The molecule has 0 spiro atoms. The Morgan fingerprint density at radius 1 is 1.12 bits per heavy atom. The average molecular weight is 437 g/mol. The molecule has 1 saturated heterocycles. The summed E-state index contributed by atoms with van der Waals surface area (Å²) < 4.78 is 12.7. The molecule has 0 atom stereocenters. The number of benzene rings is 2. The number of amides is 1. The number of piperidine rings is 1. The van der Waals surface area contributed by atoms with Crippen LogP contribution in [0.2, 0.25) is 0 Å². The zero-order valence-corrected chi connectivity index (χ0v) is 18.3. The van der Waals surface area contributed by atoms with Gasteiger partial charge in [0.2, 0.25) is 12.7 Å². The van der Waals surface area contributed by atoms with Gasteiger partial charge in [-0.25, -0.2) is 4.79 Å². The van der Waals surface area contributed by atoms with E-state index in [1.807, 2.05) is 58.9 Å². The van der Waals surface area contributed by atoms with Crippen LogP contribution in [-0.2, 0) is 11.3 Å². The van der Waals surface area contributed by atoms with Gasteiger partial charge < -0.3 is 19.4 Å². The highest BCUT2D eigenvalue weighted by molar-refractivity contribution is 5.78. The summed E-state index contributed by atoms with van der Waals surface area (Å²) in [4.78, 5) is 32.5. The number of aromatic amines is 1. The summed E-state index contributed by atoms with van der Waals surface area (Å²) in [5, 5.41) is 0. The number of H-pyrrole nitrogens is 1. The monoisotopic (exact) mass is 436 g/mol. The second-order valence-electron chi connectivity index (χ2n) is 8.42. The number of likely N-dealkylation sites (tertiary alicyclic amines) is 1. The molecule has 168 valence electrons. The van der Waals surface area contributed by atoms with Gasteiger partial charge in [0.25, 0.3) is 0 Å². The second-order valence-corrected chi connectivity index (χ2v) is 8.42. The number of carbonyl (C=O) groups excluding carboxylic acids is 1. The smallest absolute Gasteiger partial charge is 0.326 e. The van der Waals surface area contributed by atoms with E-state index in [2.05, 4.69) is 9.88 Å². The minimum atomic E-state index is -0.0541. The Morgan fingerprint density at radius 2 is 1.91 bits per heavy atom. The Bertz CT molecular complexity index is 1180. The van der Waals surface area contributed by atoms with E-state index in [0.29, 0.717) is 19.6 Å². The van der Waals surface area contributed by atoms with Crippen LogP contribution < -0.4 is 15.2 Å². The molecule has 8 heteroatoms. The molecule has 1 aromatic heterocycles. The number of carbonyl (C=O) groups is 1. The fraction of sp³-hybridized carbons (Fsp3) is 0.417. The quantitative estimate of drug-likeness (QED) is 0.643. The van der Waals surface area contributed by atoms with E-state index in [4.69, 9.17) is 9.47 Å². The van der Waals surface area contributed by atoms with Crippen LogP contribution in [-0.4, -0.2) is 58.2 Å². The largest absolute Gasteiger partial charge is 0.454 e. The van der Waals surface area contributed by atoms with Crippen molar-refractivity contribution in [1.82, 2.24) is 19.4 Å². The van der Waals surface area contributed by atoms with Gasteiger partial charge in [0.1, 0.15) is 0 Å². The maximum Gasteiger partial charge on any atom is 0.326 e. The van der Waals surface area contributed by atoms with Gasteiger partial charge in [-0.2, -0.15) is 0 Å². The van der Waals surface area contributed by atoms with Gasteiger partial charge in [0.05, 0.1) is 17.6 Å². The van der Waals surface area contributed by atoms with E-state index in [1.165, 1.54) is 0 Å². The number of rotatable bonds is 6. The molecule has 1 fully saturated rings. The summed E-state index contributed by atoms with van der Waals surface area (Å²) in [5.41, 5.74) is 2.80. The standard InChI is InChI=1S/C24H28N4O4/c1-2-27(14-17-7-8-21-22(13-17)32-16-31-21)23(29)15-26-11-9-18(10-12-26)28-20-6-4-3-5-19(20)25-24(28)30/h3-8,13,18H,2,9-12,14-16H2,1H3,(H,25,30). The summed E-state index contributed by atoms with van der Waals surface area (Å²) in [5.74, 6) is 1.61. The number of ether oxygens (including phenoxy) is 2. The Morgan fingerprint density at radius 3 is 2.72 bits per heavy atom. The van der Waals surface area contributed by atoms with Gasteiger partial charge in [-0.15, -0.1) is 0 Å². The van der Waals surface area contributed by atoms with Gasteiger partial charge in [0.15, 0.2) is 11.5 Å². The van der Waals surface area contributed by atoms with Crippen molar-refractivity contribution < 1.29 is 14.3 Å². The summed E-state index contributed by atoms with van der Waals surface area (Å²) in [6.45, 7) is 5.43. The predicted octanol–water partition coefficient (Wildman–Crippen LogP) is 2.74. The molecule has 0 unspecified atom stereocenters. The third-order valence-electron chi connectivity index (χ3n) is 6.45. The molecule has 5 rings (SSSR count). The predicted molar refractivity (Wildman–Crippen MR) is 121 cm³/mol. The third kappa shape index (κ3) is 3.98. The maximum atomic E-state index is 13.0. The van der Waals surface area contributed by atoms with E-state index in [0.717, 1.165) is 54.0 Å². The molecule has 0 radical (unpaired) electrons. The number of nitrogens with zero attached hydrogens (tertiary/aromatic N) is 3. The summed E-state index contributed by atoms with van der Waals surface area (Å²) in [6.07, 6.45) is 1.70. The summed E-state index contributed by atoms with van der Waals surface area (Å²) >= 11 is 0. The zero-order chi connectivity index (χ0) is 22.1. The molecule has 2 aliphatic heterocycles. The van der Waals surface area contributed by atoms with Gasteiger partial charge >= 0.3 is 5.69 Å². The highest BCUT2D eigenvalue weighted by Crippen LogP contribution is 2.33. The Hall–Kier alpha value is -3.26. The van der Waals surface area contributed by atoms with Gasteiger partial charge in [0, 0.05) is 32.2 Å². The number of imidazole rings is 1. The molecule has 1 amide bonds. The van der Waals surface area contributed by atoms with Crippen molar-refractivity contribution in [2.75, 3.05) is 33.0 Å². The van der Waals surface area contributed by atoms with Gasteiger partial charge in [-0.05, 0) is 49.6 Å². The van der Waals surface area contributed by atoms with E-state index >= 15 is 0 Å². The molecule has 2 aromatic carbocycles. The van der Waals surface area contributed by atoms with Crippen LogP contribution in [0.1, 0.15) is 31.4 Å². The molecule has 3 heterocycles. The first-order valence-corrected chi connectivity index (χ1v) is 11.2. The Kier molecular flexibility index (Phi) is 5.61. The molecular weight excluding hydrogens is 408 g/mol. The average Bonchev–Trinajstić information content (AvgIpc) is 3.41. The first kappa shape index (κ1) is 20.6. The van der Waals surface area contributed by atoms with Crippen LogP contribution in [0.4, 0.5) is 0 Å². The minimum Gasteiger partial charge on any atom is -0.454 e. The summed E-state index contributed by atoms with van der Waals surface area (Å²) in [7, 11) is 0. The fourth-order valence-corrected chi connectivity index (χ4v) is 4.70. The fourth-order valence-electron chi connectivity index (χ4n) is 4.70. The molecular formula is C24H28N4O4. The van der Waals surface area contributed by atoms with E-state index < -0.39 is 0 Å². The maximum absolute atomic E-state index is 13.0. The minimum absolute atomic E-state index is 0.0541. The third-order valence-corrected chi connectivity index (χ3v) is 6.45. The van der Waals surface area contributed by atoms with Crippen LogP contribution in [0.15, 0.2) is 47.3 Å². The Labute approximate surface area is 186 Å². The van der Waals surface area contributed by atoms with Crippen LogP contribution in [0.25, 0.3) is 11.0 Å². The number of aromatic nitrogens is 2. The van der Waals surface area contributed by atoms with Crippen molar-refractivity contribution in [2.45, 2.75) is 32.4 Å². The van der Waals surface area contributed by atoms with E-state index in [1.54, 1.807) is 0 Å². The van der Waals surface area contributed by atoms with Crippen molar-refractivity contribution in [3.05, 3.63) is 58.5 Å². The molecule has 0 aliphatic carbocycles. The lowest BCUT2D eigenvalue weighted by molar-refractivity contribution is -0.133. The summed E-state index contributed by atoms with van der Waals surface area (Å²) in [6, 6.07) is 13.8. The van der Waals surface area contributed by atoms with Crippen LogP contribution in [0, 0.1) is 0 Å². The number of para-hydroxylation sites is 2.